The molecule has 8 nitrogen and oxygen atoms in total. The van der Waals surface area contributed by atoms with E-state index in [4.69, 9.17) is 10.5 Å². The normalized spacial score (nSPS) is 18.3. The average molecular weight is 295 g/mol. The van der Waals surface area contributed by atoms with Gasteiger partial charge in [0, 0.05) is 25.2 Å². The maximum atomic E-state index is 11.3. The van der Waals surface area contributed by atoms with Crippen LogP contribution in [0.2, 0.25) is 0 Å². The van der Waals surface area contributed by atoms with E-state index in [-0.39, 0.29) is 23.3 Å². The largest absolute Gasteiger partial charge is 0.479 e. The zero-order chi connectivity index (χ0) is 15.6. The summed E-state index contributed by atoms with van der Waals surface area (Å²) in [5.41, 5.74) is 5.84. The Morgan fingerprint density at radius 3 is 2.90 bits per heavy atom. The molecule has 1 fully saturated rings. The van der Waals surface area contributed by atoms with E-state index in [1.807, 2.05) is 19.0 Å². The van der Waals surface area contributed by atoms with Crippen LogP contribution in [0.5, 0.6) is 5.88 Å². The first-order valence-electron chi connectivity index (χ1n) is 6.84. The lowest BCUT2D eigenvalue weighted by molar-refractivity contribution is -0.384. The van der Waals surface area contributed by atoms with Crippen molar-refractivity contribution in [3.63, 3.8) is 0 Å². The number of methoxy groups -OCH3 is 1. The van der Waals surface area contributed by atoms with Gasteiger partial charge in [0.1, 0.15) is 5.69 Å². The third-order valence-corrected chi connectivity index (χ3v) is 3.59. The van der Waals surface area contributed by atoms with Crippen LogP contribution in [-0.2, 0) is 0 Å². The van der Waals surface area contributed by atoms with E-state index in [1.54, 1.807) is 0 Å². The van der Waals surface area contributed by atoms with Gasteiger partial charge in [-0.3, -0.25) is 10.1 Å². The number of pyridine rings is 1. The summed E-state index contributed by atoms with van der Waals surface area (Å²) in [6.45, 7) is 1.57. The van der Waals surface area contributed by atoms with Crippen LogP contribution in [0.4, 0.5) is 17.2 Å². The molecule has 1 aromatic rings. The van der Waals surface area contributed by atoms with Crippen LogP contribution in [0.25, 0.3) is 0 Å². The quantitative estimate of drug-likeness (QED) is 0.641. The van der Waals surface area contributed by atoms with Gasteiger partial charge < -0.3 is 20.3 Å². The Balaban J connectivity index is 2.43. The number of anilines is 2. The fourth-order valence-electron chi connectivity index (χ4n) is 2.73. The van der Waals surface area contributed by atoms with Crippen LogP contribution >= 0.6 is 0 Å². The molecule has 116 valence electrons. The molecule has 2 heterocycles. The molecule has 0 aliphatic carbocycles. The first-order chi connectivity index (χ1) is 9.93. The average Bonchev–Trinajstić information content (AvgIpc) is 2.85. The number of nitro groups is 1. The highest BCUT2D eigenvalue weighted by atomic mass is 16.6. The molecule has 0 saturated carbocycles. The van der Waals surface area contributed by atoms with Crippen LogP contribution in [-0.4, -0.2) is 55.1 Å². The zero-order valence-electron chi connectivity index (χ0n) is 12.6. The van der Waals surface area contributed by atoms with E-state index in [1.165, 1.54) is 13.2 Å². The van der Waals surface area contributed by atoms with Gasteiger partial charge >= 0.3 is 5.69 Å². The van der Waals surface area contributed by atoms with Crippen LogP contribution < -0.4 is 15.4 Å². The molecule has 2 rings (SSSR count). The molecule has 1 aromatic heterocycles. The van der Waals surface area contributed by atoms with E-state index in [2.05, 4.69) is 9.88 Å². The van der Waals surface area contributed by atoms with Gasteiger partial charge in [0.2, 0.25) is 11.7 Å². The number of nitrogen functional groups attached to an aromatic ring is 1. The van der Waals surface area contributed by atoms with E-state index in [0.29, 0.717) is 5.82 Å². The third kappa shape index (κ3) is 3.15. The minimum atomic E-state index is -0.441. The van der Waals surface area contributed by atoms with Crippen LogP contribution in [0.1, 0.15) is 12.8 Å². The zero-order valence-corrected chi connectivity index (χ0v) is 12.6. The fourth-order valence-corrected chi connectivity index (χ4v) is 2.73. The topological polar surface area (TPSA) is 97.8 Å². The highest BCUT2D eigenvalue weighted by Crippen LogP contribution is 2.36. The highest BCUT2D eigenvalue weighted by molar-refractivity contribution is 5.67. The van der Waals surface area contributed by atoms with Crippen molar-refractivity contribution in [3.8, 4) is 5.88 Å². The molecule has 1 aliphatic heterocycles. The fraction of sp³-hybridized carbons (Fsp3) is 0.615. The number of ether oxygens (including phenoxy) is 1. The standard InChI is InChI=1S/C13H21N5O3/c1-16(2)8-9-5-4-6-17(9)12-11(18(19)20)7-10(14)13(15-12)21-3/h7,9H,4-6,8,14H2,1-3H3/t9-/m0/s1. The van der Waals surface area contributed by atoms with Crippen molar-refractivity contribution in [2.75, 3.05) is 44.9 Å². The van der Waals surface area contributed by atoms with Crippen molar-refractivity contribution >= 4 is 17.2 Å². The van der Waals surface area contributed by atoms with Gasteiger partial charge in [0.25, 0.3) is 0 Å². The van der Waals surface area contributed by atoms with E-state index in [9.17, 15) is 10.1 Å². The van der Waals surface area contributed by atoms with Gasteiger partial charge in [0.15, 0.2) is 0 Å². The monoisotopic (exact) mass is 295 g/mol. The van der Waals surface area contributed by atoms with Crippen LogP contribution in [0.15, 0.2) is 6.07 Å². The first-order valence-corrected chi connectivity index (χ1v) is 6.84. The third-order valence-electron chi connectivity index (χ3n) is 3.59. The van der Waals surface area contributed by atoms with E-state index >= 15 is 0 Å². The Morgan fingerprint density at radius 1 is 1.62 bits per heavy atom. The molecule has 0 amide bonds. The Hall–Kier alpha value is -2.09. The summed E-state index contributed by atoms with van der Waals surface area (Å²) >= 11 is 0. The second-order valence-corrected chi connectivity index (χ2v) is 5.44. The van der Waals surface area contributed by atoms with Gasteiger partial charge in [-0.1, -0.05) is 0 Å². The predicted molar refractivity (Wildman–Crippen MR) is 80.8 cm³/mol. The Bertz CT molecular complexity index is 535. The number of likely N-dealkylation sites (N-methyl/N-ethyl adjacent to an activating group) is 1. The molecule has 0 spiro atoms. The van der Waals surface area contributed by atoms with Crippen molar-refractivity contribution in [2.45, 2.75) is 18.9 Å². The Morgan fingerprint density at radius 2 is 2.33 bits per heavy atom. The van der Waals surface area contributed by atoms with Crippen molar-refractivity contribution in [2.24, 2.45) is 0 Å². The lowest BCUT2D eigenvalue weighted by Crippen LogP contribution is -2.38. The van der Waals surface area contributed by atoms with Gasteiger partial charge in [-0.15, -0.1) is 0 Å². The van der Waals surface area contributed by atoms with Crippen molar-refractivity contribution in [3.05, 3.63) is 16.2 Å². The number of nitrogens with two attached hydrogens (primary N) is 1. The number of aromatic nitrogens is 1. The van der Waals surface area contributed by atoms with E-state index < -0.39 is 4.92 Å². The molecule has 0 aromatic carbocycles. The Kier molecular flexibility index (Phi) is 4.46. The number of rotatable bonds is 5. The summed E-state index contributed by atoms with van der Waals surface area (Å²) in [4.78, 5) is 19.2. The second kappa shape index (κ2) is 6.13. The van der Waals surface area contributed by atoms with Crippen LogP contribution in [0.3, 0.4) is 0 Å². The van der Waals surface area contributed by atoms with Crippen LogP contribution in [0, 0.1) is 10.1 Å². The summed E-state index contributed by atoms with van der Waals surface area (Å²) < 4.78 is 5.10. The predicted octanol–water partition coefficient (Wildman–Crippen LogP) is 1.11. The Labute approximate surface area is 123 Å². The minimum Gasteiger partial charge on any atom is -0.479 e. The molecule has 21 heavy (non-hydrogen) atoms. The van der Waals surface area contributed by atoms with Gasteiger partial charge in [-0.2, -0.15) is 4.98 Å². The van der Waals surface area contributed by atoms with Gasteiger partial charge in [0.05, 0.1) is 12.0 Å². The minimum absolute atomic E-state index is 0.0704. The summed E-state index contributed by atoms with van der Waals surface area (Å²) in [7, 11) is 5.43. The molecule has 0 bridgehead atoms. The number of nitrogens with zero attached hydrogens (tertiary/aromatic N) is 4. The summed E-state index contributed by atoms with van der Waals surface area (Å²) in [6, 6.07) is 1.53. The van der Waals surface area contributed by atoms with Crippen molar-refractivity contribution in [1.82, 2.24) is 9.88 Å². The van der Waals surface area contributed by atoms with Crippen molar-refractivity contribution < 1.29 is 9.66 Å². The highest BCUT2D eigenvalue weighted by Gasteiger charge is 2.32. The first kappa shape index (κ1) is 15.3. The molecule has 0 radical (unpaired) electrons. The molecular weight excluding hydrogens is 274 g/mol. The van der Waals surface area contributed by atoms with Crippen molar-refractivity contribution in [1.29, 1.82) is 0 Å². The number of hydrogen-bond acceptors (Lipinski definition) is 7. The SMILES string of the molecule is COc1nc(N2CCC[C@H]2CN(C)C)c([N+](=O)[O-])cc1N. The molecule has 1 saturated heterocycles. The molecular formula is C13H21N5O3. The molecule has 1 aliphatic rings. The maximum Gasteiger partial charge on any atom is 0.313 e. The summed E-state index contributed by atoms with van der Waals surface area (Å²) in [5, 5.41) is 11.3. The van der Waals surface area contributed by atoms with Gasteiger partial charge in [-0.25, -0.2) is 0 Å². The molecule has 0 unspecified atom stereocenters. The molecule has 2 N–H and O–H groups in total. The second-order valence-electron chi connectivity index (χ2n) is 5.44. The maximum absolute atomic E-state index is 11.3. The number of hydrogen-bond donors (Lipinski definition) is 1. The smallest absolute Gasteiger partial charge is 0.313 e. The van der Waals surface area contributed by atoms with E-state index in [0.717, 1.165) is 25.9 Å². The summed E-state index contributed by atoms with van der Waals surface area (Å²) in [5.74, 6) is 0.571. The lowest BCUT2D eigenvalue weighted by Gasteiger charge is -2.28. The molecule has 1 atom stereocenters. The van der Waals surface area contributed by atoms with Gasteiger partial charge in [-0.05, 0) is 26.9 Å². The lowest BCUT2D eigenvalue weighted by atomic mass is 10.2. The molecule has 8 heteroatoms. The summed E-state index contributed by atoms with van der Waals surface area (Å²) in [6.07, 6.45) is 1.98.